The summed E-state index contributed by atoms with van der Waals surface area (Å²) in [6.45, 7) is 5.98. The van der Waals surface area contributed by atoms with Crippen LogP contribution in [-0.2, 0) is 11.3 Å². The molecule has 2 heterocycles. The van der Waals surface area contributed by atoms with Gasteiger partial charge in [-0.05, 0) is 44.0 Å². The Labute approximate surface area is 178 Å². The van der Waals surface area contributed by atoms with Crippen molar-refractivity contribution in [2.75, 3.05) is 5.32 Å². The highest BCUT2D eigenvalue weighted by atomic mass is 19.1. The quantitative estimate of drug-likeness (QED) is 0.518. The van der Waals surface area contributed by atoms with Crippen molar-refractivity contribution in [1.82, 2.24) is 14.3 Å². The number of pyridine rings is 1. The minimum atomic E-state index is -0.874. The maximum Gasteiger partial charge on any atom is 0.253 e. The van der Waals surface area contributed by atoms with Gasteiger partial charge in [0.05, 0.1) is 11.4 Å². The number of fused-ring (bicyclic) bond motifs is 1. The molecule has 0 fully saturated rings. The molecule has 4 aromatic rings. The fourth-order valence-electron chi connectivity index (χ4n) is 3.86. The third kappa shape index (κ3) is 3.63. The molecule has 31 heavy (non-hydrogen) atoms. The van der Waals surface area contributed by atoms with E-state index in [9.17, 15) is 14.0 Å². The van der Waals surface area contributed by atoms with E-state index in [-0.39, 0.29) is 11.2 Å². The normalized spacial score (nSPS) is 12.1. The molecule has 0 aliphatic heterocycles. The van der Waals surface area contributed by atoms with E-state index in [0.717, 1.165) is 22.2 Å². The summed E-state index contributed by atoms with van der Waals surface area (Å²) >= 11 is 0. The number of nitrogens with zero attached hydrogens (tertiary/aromatic N) is 3. The zero-order valence-electron chi connectivity index (χ0n) is 17.6. The van der Waals surface area contributed by atoms with Gasteiger partial charge < -0.3 is 5.32 Å². The zero-order valence-corrected chi connectivity index (χ0v) is 17.6. The molecule has 0 saturated heterocycles. The first-order valence-electron chi connectivity index (χ1n) is 10.2. The lowest BCUT2D eigenvalue weighted by Crippen LogP contribution is -2.32. The number of rotatable bonds is 5. The molecular weight excluding hydrogens is 395 g/mol. The van der Waals surface area contributed by atoms with E-state index in [1.54, 1.807) is 29.8 Å². The van der Waals surface area contributed by atoms with Crippen LogP contribution in [0.5, 0.6) is 0 Å². The maximum absolute atomic E-state index is 14.0. The van der Waals surface area contributed by atoms with Crippen LogP contribution in [0.1, 0.15) is 25.6 Å². The molecule has 4 rings (SSSR count). The van der Waals surface area contributed by atoms with Crippen LogP contribution >= 0.6 is 0 Å². The second-order valence-electron chi connectivity index (χ2n) is 7.38. The van der Waals surface area contributed by atoms with Crippen molar-refractivity contribution < 1.29 is 9.18 Å². The Morgan fingerprint density at radius 1 is 1.13 bits per heavy atom. The molecule has 0 bridgehead atoms. The molecule has 1 unspecified atom stereocenters. The van der Waals surface area contributed by atoms with Gasteiger partial charge in [0.15, 0.2) is 0 Å². The zero-order chi connectivity index (χ0) is 22.1. The van der Waals surface area contributed by atoms with E-state index in [1.807, 2.05) is 44.2 Å². The van der Waals surface area contributed by atoms with Crippen LogP contribution in [0.4, 0.5) is 10.1 Å². The Hall–Kier alpha value is -3.74. The monoisotopic (exact) mass is 418 g/mol. The van der Waals surface area contributed by atoms with Crippen LogP contribution in [0.2, 0.25) is 0 Å². The summed E-state index contributed by atoms with van der Waals surface area (Å²) in [7, 11) is 0. The predicted octanol–water partition coefficient (Wildman–Crippen LogP) is 4.53. The van der Waals surface area contributed by atoms with E-state index >= 15 is 0 Å². The molecule has 1 N–H and O–H groups in total. The van der Waals surface area contributed by atoms with Crippen LogP contribution in [0.15, 0.2) is 65.5 Å². The van der Waals surface area contributed by atoms with E-state index in [1.165, 1.54) is 16.7 Å². The lowest BCUT2D eigenvalue weighted by Gasteiger charge is -2.19. The Bertz CT molecular complexity index is 1320. The van der Waals surface area contributed by atoms with Gasteiger partial charge in [-0.2, -0.15) is 5.10 Å². The first-order valence-corrected chi connectivity index (χ1v) is 10.2. The smallest absolute Gasteiger partial charge is 0.253 e. The van der Waals surface area contributed by atoms with Gasteiger partial charge in [0.1, 0.15) is 17.5 Å². The maximum atomic E-state index is 14.0. The van der Waals surface area contributed by atoms with Crippen molar-refractivity contribution in [3.63, 3.8) is 0 Å². The number of benzene rings is 2. The minimum Gasteiger partial charge on any atom is -0.322 e. The highest BCUT2D eigenvalue weighted by Crippen LogP contribution is 2.31. The highest BCUT2D eigenvalue weighted by Gasteiger charge is 2.25. The summed E-state index contributed by atoms with van der Waals surface area (Å²) < 4.78 is 17.2. The first kappa shape index (κ1) is 20.5. The van der Waals surface area contributed by atoms with Crippen LogP contribution in [-0.4, -0.2) is 20.3 Å². The number of hydrogen-bond donors (Lipinski definition) is 1. The molecule has 0 aliphatic carbocycles. The molecule has 0 aliphatic rings. The fraction of sp³-hybridized carbons (Fsp3) is 0.208. The van der Waals surface area contributed by atoms with Gasteiger partial charge in [-0.3, -0.25) is 14.2 Å². The molecule has 1 amide bonds. The second kappa shape index (κ2) is 8.18. The van der Waals surface area contributed by atoms with E-state index in [0.29, 0.717) is 12.2 Å². The number of halogens is 1. The van der Waals surface area contributed by atoms with Gasteiger partial charge in [0.25, 0.3) is 5.56 Å². The van der Waals surface area contributed by atoms with Crippen molar-refractivity contribution in [3.05, 3.63) is 82.5 Å². The van der Waals surface area contributed by atoms with Crippen molar-refractivity contribution in [3.8, 4) is 11.1 Å². The van der Waals surface area contributed by atoms with Gasteiger partial charge >= 0.3 is 0 Å². The average Bonchev–Trinajstić information content (AvgIpc) is 3.11. The van der Waals surface area contributed by atoms with Crippen LogP contribution in [0, 0.1) is 12.7 Å². The fourth-order valence-corrected chi connectivity index (χ4v) is 3.86. The van der Waals surface area contributed by atoms with Gasteiger partial charge in [0, 0.05) is 18.0 Å². The Balaban J connectivity index is 1.89. The van der Waals surface area contributed by atoms with Crippen molar-refractivity contribution in [2.45, 2.75) is 33.4 Å². The van der Waals surface area contributed by atoms with Gasteiger partial charge in [0.2, 0.25) is 5.91 Å². The number of carbonyl (C=O) groups is 1. The average molecular weight is 418 g/mol. The third-order valence-corrected chi connectivity index (χ3v) is 5.39. The molecule has 0 spiro atoms. The van der Waals surface area contributed by atoms with E-state index < -0.39 is 17.8 Å². The summed E-state index contributed by atoms with van der Waals surface area (Å²) in [5.41, 5.74) is 2.77. The summed E-state index contributed by atoms with van der Waals surface area (Å²) in [6.07, 6.45) is 0. The van der Waals surface area contributed by atoms with Crippen LogP contribution < -0.4 is 10.9 Å². The summed E-state index contributed by atoms with van der Waals surface area (Å²) in [6, 6.07) is 16.2. The molecule has 6 nitrogen and oxygen atoms in total. The van der Waals surface area contributed by atoms with Crippen molar-refractivity contribution >= 4 is 22.6 Å². The number of hydrogen-bond acceptors (Lipinski definition) is 3. The van der Waals surface area contributed by atoms with E-state index in [2.05, 4.69) is 10.4 Å². The minimum absolute atomic E-state index is 0.0738. The molecule has 1 atom stereocenters. The Morgan fingerprint density at radius 2 is 1.81 bits per heavy atom. The molecule has 7 heteroatoms. The Kier molecular flexibility index (Phi) is 5.42. The number of aromatic nitrogens is 3. The first-order chi connectivity index (χ1) is 14.9. The highest BCUT2D eigenvalue weighted by molar-refractivity contribution is 5.98. The van der Waals surface area contributed by atoms with Crippen LogP contribution in [0.3, 0.4) is 0 Å². The van der Waals surface area contributed by atoms with Crippen LogP contribution in [0.25, 0.3) is 22.2 Å². The number of aryl methyl sites for hydroxylation is 2. The summed E-state index contributed by atoms with van der Waals surface area (Å²) in [5.74, 6) is -1.02. The number of para-hydroxylation sites is 1. The molecule has 0 saturated carbocycles. The summed E-state index contributed by atoms with van der Waals surface area (Å²) in [4.78, 5) is 26.2. The van der Waals surface area contributed by atoms with Crippen molar-refractivity contribution in [2.24, 2.45) is 0 Å². The SMILES string of the molecule is CCn1nc(C)c2c(-c3ccccc3)cc(=O)n(C(C)C(=O)Nc3ccccc3F)c21. The number of anilines is 1. The number of nitrogens with one attached hydrogen (secondary N) is 1. The molecule has 158 valence electrons. The number of carbonyl (C=O) groups excluding carboxylic acids is 1. The second-order valence-corrected chi connectivity index (χ2v) is 7.38. The topological polar surface area (TPSA) is 68.9 Å². The predicted molar refractivity (Wildman–Crippen MR) is 120 cm³/mol. The van der Waals surface area contributed by atoms with Crippen molar-refractivity contribution in [1.29, 1.82) is 0 Å². The lowest BCUT2D eigenvalue weighted by atomic mass is 10.0. The van der Waals surface area contributed by atoms with Gasteiger partial charge in [-0.25, -0.2) is 9.07 Å². The van der Waals surface area contributed by atoms with Gasteiger partial charge in [-0.1, -0.05) is 42.5 Å². The number of amides is 1. The molecule has 2 aromatic carbocycles. The molecular formula is C24H23FN4O2. The standard InChI is InChI=1S/C24H23FN4O2/c1-4-28-24-22(15(2)27-28)18(17-10-6-5-7-11-17)14-21(30)29(24)16(3)23(31)26-20-13-9-8-12-19(20)25/h5-14,16H,4H2,1-3H3,(H,26,31). The molecule has 2 aromatic heterocycles. The van der Waals surface area contributed by atoms with E-state index in [4.69, 9.17) is 0 Å². The Morgan fingerprint density at radius 3 is 2.48 bits per heavy atom. The summed E-state index contributed by atoms with van der Waals surface area (Å²) in [5, 5.41) is 8.01. The van der Waals surface area contributed by atoms with Gasteiger partial charge in [-0.15, -0.1) is 0 Å². The largest absolute Gasteiger partial charge is 0.322 e. The third-order valence-electron chi connectivity index (χ3n) is 5.39. The molecule has 0 radical (unpaired) electrons. The lowest BCUT2D eigenvalue weighted by molar-refractivity contribution is -0.118.